The monoisotopic (exact) mass is 421 g/mol. The van der Waals surface area contributed by atoms with E-state index in [-0.39, 0.29) is 17.5 Å². The van der Waals surface area contributed by atoms with Gasteiger partial charge in [-0.25, -0.2) is 0 Å². The van der Waals surface area contributed by atoms with E-state index in [9.17, 15) is 9.59 Å². The first-order valence-corrected chi connectivity index (χ1v) is 9.41. The Hall–Kier alpha value is -2.35. The highest BCUT2D eigenvalue weighted by molar-refractivity contribution is 8.15. The van der Waals surface area contributed by atoms with Crippen LogP contribution in [-0.2, 0) is 9.59 Å². The molecule has 2 aromatic rings. The van der Waals surface area contributed by atoms with Gasteiger partial charge in [0.05, 0.1) is 12.6 Å². The van der Waals surface area contributed by atoms with E-state index in [1.54, 1.807) is 12.3 Å². The molecule has 9 heteroatoms. The molecule has 6 nitrogen and oxygen atoms in total. The zero-order valence-electron chi connectivity index (χ0n) is 13.7. The molecule has 27 heavy (non-hydrogen) atoms. The van der Waals surface area contributed by atoms with Crippen LogP contribution in [0.3, 0.4) is 0 Å². The Kier molecular flexibility index (Phi) is 6.15. The van der Waals surface area contributed by atoms with Gasteiger partial charge in [-0.2, -0.15) is 5.10 Å². The van der Waals surface area contributed by atoms with Crippen molar-refractivity contribution < 1.29 is 14.7 Å². The Morgan fingerprint density at radius 2 is 1.81 bits per heavy atom. The highest BCUT2D eigenvalue weighted by atomic mass is 35.5. The van der Waals surface area contributed by atoms with E-state index < -0.39 is 11.2 Å². The van der Waals surface area contributed by atoms with Crippen LogP contribution in [0.15, 0.2) is 52.7 Å². The molecule has 1 fully saturated rings. The molecule has 138 valence electrons. The third kappa shape index (κ3) is 5.32. The molecule has 0 aromatic heterocycles. The fraction of sp³-hybridized carbons (Fsp3) is 0.111. The number of amidine groups is 1. The van der Waals surface area contributed by atoms with Crippen LogP contribution in [0.25, 0.3) is 11.1 Å². The molecule has 0 radical (unpaired) electrons. The SMILES string of the molecule is O=C(O)CC1SC(=NN=Cc2ccc(-c3cc(Cl)cc(Cl)c3)cc2)NC1=O. The van der Waals surface area contributed by atoms with Crippen molar-refractivity contribution in [2.45, 2.75) is 11.7 Å². The zero-order chi connectivity index (χ0) is 19.4. The Balaban J connectivity index is 1.66. The van der Waals surface area contributed by atoms with E-state index in [0.29, 0.717) is 10.0 Å². The second-order valence-corrected chi connectivity index (χ2v) is 7.69. The van der Waals surface area contributed by atoms with Crippen molar-refractivity contribution in [2.75, 3.05) is 0 Å². The lowest BCUT2D eigenvalue weighted by Gasteiger charge is -2.04. The van der Waals surface area contributed by atoms with E-state index in [1.807, 2.05) is 36.4 Å². The second kappa shape index (κ2) is 8.56. The lowest BCUT2D eigenvalue weighted by Crippen LogP contribution is -2.26. The van der Waals surface area contributed by atoms with E-state index in [1.165, 1.54) is 0 Å². The number of halogens is 2. The first kappa shape index (κ1) is 19.4. The number of carbonyl (C=O) groups is 2. The Labute approximate surface area is 169 Å². The fourth-order valence-corrected chi connectivity index (χ4v) is 3.82. The smallest absolute Gasteiger partial charge is 0.305 e. The topological polar surface area (TPSA) is 91.1 Å². The van der Waals surface area contributed by atoms with Crippen LogP contribution in [0.2, 0.25) is 10.0 Å². The van der Waals surface area contributed by atoms with Gasteiger partial charge in [0.15, 0.2) is 5.17 Å². The quantitative estimate of drug-likeness (QED) is 0.562. The number of nitrogens with one attached hydrogen (secondary N) is 1. The molecule has 0 bridgehead atoms. The largest absolute Gasteiger partial charge is 0.481 e. The van der Waals surface area contributed by atoms with Gasteiger partial charge in [0.1, 0.15) is 5.25 Å². The summed E-state index contributed by atoms with van der Waals surface area (Å²) in [4.78, 5) is 22.3. The molecule has 1 aliphatic rings. The number of carboxylic acid groups (broad SMARTS) is 1. The molecule has 2 aromatic carbocycles. The van der Waals surface area contributed by atoms with Gasteiger partial charge < -0.3 is 10.4 Å². The minimum absolute atomic E-state index is 0.256. The number of hydrogen-bond donors (Lipinski definition) is 2. The van der Waals surface area contributed by atoms with E-state index >= 15 is 0 Å². The van der Waals surface area contributed by atoms with E-state index in [0.717, 1.165) is 28.5 Å². The fourth-order valence-electron chi connectivity index (χ4n) is 2.38. The van der Waals surface area contributed by atoms with Gasteiger partial charge in [-0.1, -0.05) is 59.2 Å². The molecule has 1 aliphatic heterocycles. The van der Waals surface area contributed by atoms with Crippen LogP contribution in [0, 0.1) is 0 Å². The van der Waals surface area contributed by atoms with Crippen molar-refractivity contribution in [3.63, 3.8) is 0 Å². The molecule has 1 heterocycles. The number of amides is 1. The van der Waals surface area contributed by atoms with Crippen LogP contribution in [-0.4, -0.2) is 33.6 Å². The number of hydrogen-bond acceptors (Lipinski definition) is 5. The Morgan fingerprint density at radius 3 is 2.44 bits per heavy atom. The third-order valence-electron chi connectivity index (χ3n) is 3.60. The highest BCUT2D eigenvalue weighted by Crippen LogP contribution is 2.27. The highest BCUT2D eigenvalue weighted by Gasteiger charge is 2.32. The summed E-state index contributed by atoms with van der Waals surface area (Å²) < 4.78 is 0. The number of rotatable bonds is 5. The molecule has 1 atom stereocenters. The van der Waals surface area contributed by atoms with E-state index in [2.05, 4.69) is 15.5 Å². The Bertz CT molecular complexity index is 925. The molecule has 3 rings (SSSR count). The third-order valence-corrected chi connectivity index (χ3v) is 5.11. The summed E-state index contributed by atoms with van der Waals surface area (Å²) in [7, 11) is 0. The van der Waals surface area contributed by atoms with E-state index in [4.69, 9.17) is 28.3 Å². The first-order valence-electron chi connectivity index (χ1n) is 7.77. The normalized spacial score (nSPS) is 18.2. The molecule has 1 saturated heterocycles. The number of aliphatic carboxylic acids is 1. The summed E-state index contributed by atoms with van der Waals surface area (Å²) in [6.45, 7) is 0. The summed E-state index contributed by atoms with van der Waals surface area (Å²) in [5, 5.41) is 19.9. The van der Waals surface area contributed by atoms with Crippen LogP contribution in [0.1, 0.15) is 12.0 Å². The predicted molar refractivity (Wildman–Crippen MR) is 109 cm³/mol. The number of nitrogens with zero attached hydrogens (tertiary/aromatic N) is 2. The van der Waals surface area contributed by atoms with Crippen molar-refractivity contribution in [1.29, 1.82) is 0 Å². The lowest BCUT2D eigenvalue weighted by molar-refractivity contribution is -0.138. The molecule has 1 amide bonds. The molecule has 2 N–H and O–H groups in total. The lowest BCUT2D eigenvalue weighted by atomic mass is 10.0. The summed E-state index contributed by atoms with van der Waals surface area (Å²) in [5.74, 6) is -1.41. The van der Waals surface area contributed by atoms with Gasteiger partial charge in [-0.3, -0.25) is 9.59 Å². The average Bonchev–Trinajstić information content (AvgIpc) is 2.93. The summed E-state index contributed by atoms with van der Waals surface area (Å²) in [5.41, 5.74) is 2.68. The van der Waals surface area contributed by atoms with Crippen molar-refractivity contribution in [3.05, 3.63) is 58.1 Å². The van der Waals surface area contributed by atoms with Crippen LogP contribution >= 0.6 is 35.0 Å². The molecule has 0 spiro atoms. The maximum Gasteiger partial charge on any atom is 0.305 e. The van der Waals surface area contributed by atoms with Gasteiger partial charge in [-0.05, 0) is 34.9 Å². The van der Waals surface area contributed by atoms with Gasteiger partial charge in [0, 0.05) is 10.0 Å². The molecular formula is C18H13Cl2N3O3S. The van der Waals surface area contributed by atoms with Crippen LogP contribution in [0.4, 0.5) is 0 Å². The zero-order valence-corrected chi connectivity index (χ0v) is 16.1. The number of carboxylic acids is 1. The summed E-state index contributed by atoms with van der Waals surface area (Å²) in [6, 6.07) is 12.9. The minimum Gasteiger partial charge on any atom is -0.481 e. The second-order valence-electron chi connectivity index (χ2n) is 5.62. The van der Waals surface area contributed by atoms with Crippen LogP contribution < -0.4 is 5.32 Å². The molecule has 0 aliphatic carbocycles. The molecular weight excluding hydrogens is 409 g/mol. The van der Waals surface area contributed by atoms with Crippen molar-refractivity contribution in [1.82, 2.24) is 5.32 Å². The van der Waals surface area contributed by atoms with Crippen molar-refractivity contribution >= 4 is 58.2 Å². The molecule has 0 saturated carbocycles. The predicted octanol–water partition coefficient (Wildman–Crippen LogP) is 4.06. The van der Waals surface area contributed by atoms with Gasteiger partial charge in [0.2, 0.25) is 5.91 Å². The first-order chi connectivity index (χ1) is 12.9. The van der Waals surface area contributed by atoms with Crippen molar-refractivity contribution in [2.24, 2.45) is 10.2 Å². The van der Waals surface area contributed by atoms with Crippen LogP contribution in [0.5, 0.6) is 0 Å². The maximum absolute atomic E-state index is 11.6. The average molecular weight is 422 g/mol. The number of thioether (sulfide) groups is 1. The number of benzene rings is 2. The maximum atomic E-state index is 11.6. The minimum atomic E-state index is -1.03. The summed E-state index contributed by atoms with van der Waals surface area (Å²) in [6.07, 6.45) is 1.28. The summed E-state index contributed by atoms with van der Waals surface area (Å²) >= 11 is 13.1. The number of carbonyl (C=O) groups excluding carboxylic acids is 1. The van der Waals surface area contributed by atoms with Gasteiger partial charge in [-0.15, -0.1) is 5.10 Å². The van der Waals surface area contributed by atoms with Gasteiger partial charge >= 0.3 is 5.97 Å². The van der Waals surface area contributed by atoms with Gasteiger partial charge in [0.25, 0.3) is 0 Å². The standard InChI is InChI=1S/C18H13Cl2N3O3S/c19-13-5-12(6-14(20)7-13)11-3-1-10(2-4-11)9-21-23-18-22-17(26)15(27-18)8-16(24)25/h1-7,9,15H,8H2,(H,24,25)(H,22,23,26). The van der Waals surface area contributed by atoms with Crippen molar-refractivity contribution in [3.8, 4) is 11.1 Å². The Morgan fingerprint density at radius 1 is 1.15 bits per heavy atom. The molecule has 1 unspecified atom stereocenters.